The quantitative estimate of drug-likeness (QED) is 0.867. The monoisotopic (exact) mass is 301 g/mol. The fourth-order valence-electron chi connectivity index (χ4n) is 3.02. The van der Waals surface area contributed by atoms with Gasteiger partial charge in [0.2, 0.25) is 5.91 Å². The van der Waals surface area contributed by atoms with Crippen molar-refractivity contribution in [2.75, 3.05) is 25.5 Å². The molecule has 1 saturated heterocycles. The van der Waals surface area contributed by atoms with Gasteiger partial charge in [-0.05, 0) is 58.0 Å². The molecule has 1 N–H and O–H groups in total. The number of aromatic nitrogens is 1. The van der Waals surface area contributed by atoms with Crippen molar-refractivity contribution in [1.82, 2.24) is 9.88 Å². The van der Waals surface area contributed by atoms with E-state index >= 15 is 0 Å². The lowest BCUT2D eigenvalue weighted by molar-refractivity contribution is -0.122. The molecule has 22 heavy (non-hydrogen) atoms. The third kappa shape index (κ3) is 3.35. The molecule has 2 aliphatic rings. The highest BCUT2D eigenvalue weighted by atomic mass is 16.2. The van der Waals surface area contributed by atoms with E-state index in [2.05, 4.69) is 22.2 Å². The molecule has 0 bridgehead atoms. The van der Waals surface area contributed by atoms with Gasteiger partial charge in [0.15, 0.2) is 5.78 Å². The fourth-order valence-corrected chi connectivity index (χ4v) is 3.02. The Kier molecular flexibility index (Phi) is 4.52. The summed E-state index contributed by atoms with van der Waals surface area (Å²) in [7, 11) is 2.08. The molecule has 5 nitrogen and oxygen atoms in total. The Morgan fingerprint density at radius 3 is 2.50 bits per heavy atom. The molecule has 5 heteroatoms. The molecule has 0 radical (unpaired) electrons. The minimum absolute atomic E-state index is 0.0302. The van der Waals surface area contributed by atoms with E-state index in [1.54, 1.807) is 18.2 Å². The second-order valence-corrected chi connectivity index (χ2v) is 6.47. The first kappa shape index (κ1) is 15.2. The molecule has 2 heterocycles. The Labute approximate surface area is 131 Å². The molecule has 2 fully saturated rings. The number of hydrogen-bond acceptors (Lipinski definition) is 4. The number of carbonyl (C=O) groups is 2. The van der Waals surface area contributed by atoms with Gasteiger partial charge in [0.25, 0.3) is 0 Å². The Morgan fingerprint density at radius 2 is 1.86 bits per heavy atom. The summed E-state index contributed by atoms with van der Waals surface area (Å²) in [5.41, 5.74) is 0.473. The van der Waals surface area contributed by atoms with Crippen LogP contribution < -0.4 is 5.32 Å². The zero-order valence-corrected chi connectivity index (χ0v) is 13.0. The summed E-state index contributed by atoms with van der Waals surface area (Å²) in [6.45, 7) is 1.91. The number of Topliss-reactive ketones (excluding diaryl/α,β-unsaturated/α-hetero) is 1. The molecule has 0 aromatic carbocycles. The maximum atomic E-state index is 12.6. The van der Waals surface area contributed by atoms with Crippen LogP contribution in [0, 0.1) is 11.8 Å². The van der Waals surface area contributed by atoms with Gasteiger partial charge in [-0.25, -0.2) is 4.98 Å². The minimum Gasteiger partial charge on any atom is -0.310 e. The van der Waals surface area contributed by atoms with Gasteiger partial charge in [-0.2, -0.15) is 0 Å². The molecule has 0 spiro atoms. The second-order valence-electron chi connectivity index (χ2n) is 6.47. The van der Waals surface area contributed by atoms with Gasteiger partial charge in [-0.1, -0.05) is 12.5 Å². The fraction of sp³-hybridized carbons (Fsp3) is 0.588. The van der Waals surface area contributed by atoms with Crippen molar-refractivity contribution in [2.45, 2.75) is 32.1 Å². The van der Waals surface area contributed by atoms with Crippen LogP contribution in [-0.2, 0) is 4.79 Å². The summed E-state index contributed by atoms with van der Waals surface area (Å²) in [5.74, 6) is 0.808. The van der Waals surface area contributed by atoms with E-state index in [-0.39, 0.29) is 23.5 Å². The van der Waals surface area contributed by atoms with Crippen molar-refractivity contribution >= 4 is 17.5 Å². The van der Waals surface area contributed by atoms with Crippen LogP contribution in [0.25, 0.3) is 0 Å². The van der Waals surface area contributed by atoms with Crippen LogP contribution in [0.4, 0.5) is 5.82 Å². The van der Waals surface area contributed by atoms with Crippen molar-refractivity contribution in [3.05, 3.63) is 23.9 Å². The summed E-state index contributed by atoms with van der Waals surface area (Å²) in [4.78, 5) is 31.1. The number of nitrogens with one attached hydrogen (secondary N) is 1. The predicted molar refractivity (Wildman–Crippen MR) is 84.8 cm³/mol. The van der Waals surface area contributed by atoms with E-state index in [1.165, 1.54) is 0 Å². The number of anilines is 1. The highest BCUT2D eigenvalue weighted by molar-refractivity contribution is 5.97. The van der Waals surface area contributed by atoms with E-state index < -0.39 is 0 Å². The summed E-state index contributed by atoms with van der Waals surface area (Å²) < 4.78 is 0. The van der Waals surface area contributed by atoms with Crippen LogP contribution in [0.5, 0.6) is 0 Å². The third-order valence-corrected chi connectivity index (χ3v) is 4.82. The smallest absolute Gasteiger partial charge is 0.228 e. The van der Waals surface area contributed by atoms with Crippen molar-refractivity contribution in [3.63, 3.8) is 0 Å². The predicted octanol–water partition coefficient (Wildman–Crippen LogP) is 2.34. The normalized spacial score (nSPS) is 20.4. The maximum absolute atomic E-state index is 12.6. The SMILES string of the molecule is CN1CCC(C(=O)c2cccc(NC(=O)C3CCC3)n2)CC1. The molecule has 1 saturated carbocycles. The molecular formula is C17H23N3O2. The Morgan fingerprint density at radius 1 is 1.14 bits per heavy atom. The topological polar surface area (TPSA) is 62.3 Å². The lowest BCUT2D eigenvalue weighted by atomic mass is 9.85. The number of amides is 1. The number of piperidine rings is 1. The average Bonchev–Trinajstić information content (AvgIpc) is 2.45. The van der Waals surface area contributed by atoms with E-state index in [0.29, 0.717) is 11.5 Å². The van der Waals surface area contributed by atoms with Crippen LogP contribution >= 0.6 is 0 Å². The Hall–Kier alpha value is -1.75. The number of likely N-dealkylation sites (tertiary alicyclic amines) is 1. The molecule has 1 aromatic heterocycles. The van der Waals surface area contributed by atoms with Gasteiger partial charge in [-0.3, -0.25) is 9.59 Å². The van der Waals surface area contributed by atoms with Crippen LogP contribution in [-0.4, -0.2) is 41.7 Å². The number of nitrogens with zero attached hydrogens (tertiary/aromatic N) is 2. The van der Waals surface area contributed by atoms with Crippen LogP contribution in [0.3, 0.4) is 0 Å². The number of hydrogen-bond donors (Lipinski definition) is 1. The lowest BCUT2D eigenvalue weighted by Crippen LogP contribution is -2.34. The van der Waals surface area contributed by atoms with Crippen molar-refractivity contribution in [2.24, 2.45) is 11.8 Å². The summed E-state index contributed by atoms with van der Waals surface area (Å²) in [6, 6.07) is 5.30. The van der Waals surface area contributed by atoms with Gasteiger partial charge in [0, 0.05) is 11.8 Å². The van der Waals surface area contributed by atoms with Crippen LogP contribution in [0.15, 0.2) is 18.2 Å². The first-order chi connectivity index (χ1) is 10.6. The highest BCUT2D eigenvalue weighted by Crippen LogP contribution is 2.27. The minimum atomic E-state index is 0.0302. The molecule has 1 aliphatic heterocycles. The zero-order chi connectivity index (χ0) is 15.5. The van der Waals surface area contributed by atoms with E-state index in [4.69, 9.17) is 0 Å². The lowest BCUT2D eigenvalue weighted by Gasteiger charge is -2.27. The van der Waals surface area contributed by atoms with E-state index in [1.807, 2.05) is 0 Å². The van der Waals surface area contributed by atoms with Crippen molar-refractivity contribution in [1.29, 1.82) is 0 Å². The van der Waals surface area contributed by atoms with Gasteiger partial charge in [-0.15, -0.1) is 0 Å². The van der Waals surface area contributed by atoms with Crippen LogP contribution in [0.2, 0.25) is 0 Å². The highest BCUT2D eigenvalue weighted by Gasteiger charge is 2.27. The molecular weight excluding hydrogens is 278 g/mol. The maximum Gasteiger partial charge on any atom is 0.228 e. The van der Waals surface area contributed by atoms with E-state index in [9.17, 15) is 9.59 Å². The third-order valence-electron chi connectivity index (χ3n) is 4.82. The summed E-state index contributed by atoms with van der Waals surface area (Å²) in [6.07, 6.45) is 4.81. The largest absolute Gasteiger partial charge is 0.310 e. The molecule has 0 atom stereocenters. The van der Waals surface area contributed by atoms with Gasteiger partial charge < -0.3 is 10.2 Å². The molecule has 1 aromatic rings. The first-order valence-corrected chi connectivity index (χ1v) is 8.14. The second kappa shape index (κ2) is 6.57. The number of ketones is 1. The van der Waals surface area contributed by atoms with Gasteiger partial charge >= 0.3 is 0 Å². The Balaban J connectivity index is 1.65. The summed E-state index contributed by atoms with van der Waals surface area (Å²) in [5, 5.41) is 2.84. The molecule has 0 unspecified atom stereocenters. The van der Waals surface area contributed by atoms with E-state index in [0.717, 1.165) is 45.2 Å². The first-order valence-electron chi connectivity index (χ1n) is 8.14. The summed E-state index contributed by atoms with van der Waals surface area (Å²) >= 11 is 0. The number of rotatable bonds is 4. The molecule has 1 aliphatic carbocycles. The molecule has 3 rings (SSSR count). The number of carbonyl (C=O) groups excluding carboxylic acids is 2. The average molecular weight is 301 g/mol. The zero-order valence-electron chi connectivity index (χ0n) is 13.0. The van der Waals surface area contributed by atoms with Gasteiger partial charge in [0.05, 0.1) is 0 Å². The molecule has 118 valence electrons. The van der Waals surface area contributed by atoms with Crippen LogP contribution in [0.1, 0.15) is 42.6 Å². The van der Waals surface area contributed by atoms with Crippen molar-refractivity contribution in [3.8, 4) is 0 Å². The Bertz CT molecular complexity index is 561. The number of pyridine rings is 1. The molecule has 1 amide bonds. The van der Waals surface area contributed by atoms with Crippen molar-refractivity contribution < 1.29 is 9.59 Å². The standard InChI is InChI=1S/C17H23N3O2/c1-20-10-8-12(9-11-20)16(21)14-6-3-7-15(18-14)19-17(22)13-4-2-5-13/h3,6-7,12-13H,2,4-5,8-11H2,1H3,(H,18,19,22). The van der Waals surface area contributed by atoms with Gasteiger partial charge in [0.1, 0.15) is 11.5 Å².